The molecule has 3 nitrogen and oxygen atoms in total. The van der Waals surface area contributed by atoms with Gasteiger partial charge in [0.05, 0.1) is 0 Å². The van der Waals surface area contributed by atoms with Gasteiger partial charge in [0.25, 0.3) is 5.84 Å². The fraction of sp³-hybridized carbons (Fsp3) is 0.350. The van der Waals surface area contributed by atoms with Crippen LogP contribution in [-0.4, -0.2) is 23.6 Å². The summed E-state index contributed by atoms with van der Waals surface area (Å²) in [5.74, 6) is 0.975. The average Bonchev–Trinajstić information content (AvgIpc) is 2.60. The number of rotatable bonds is 1. The first-order chi connectivity index (χ1) is 11.2. The highest BCUT2D eigenvalue weighted by molar-refractivity contribution is 5.90. The lowest BCUT2D eigenvalue weighted by atomic mass is 9.70. The SMILES string of the molecule is Cc1ccc([N+]2=C(N)C3(CCOCC3)c3ccccc3C2)cc1.[Br-]. The number of aryl methyl sites for hydroxylation is 1. The molecule has 2 aliphatic rings. The Hall–Kier alpha value is -1.65. The third-order valence-electron chi connectivity index (χ3n) is 5.33. The van der Waals surface area contributed by atoms with E-state index in [4.69, 9.17) is 10.5 Å². The Balaban J connectivity index is 0.00000169. The number of hydrogen-bond acceptors (Lipinski definition) is 2. The van der Waals surface area contributed by atoms with Crippen molar-refractivity contribution in [3.63, 3.8) is 0 Å². The van der Waals surface area contributed by atoms with Gasteiger partial charge in [0.2, 0.25) is 0 Å². The molecule has 0 saturated carbocycles. The molecule has 1 spiro atoms. The predicted octanol–water partition coefficient (Wildman–Crippen LogP) is 0.262. The Morgan fingerprint density at radius 2 is 1.67 bits per heavy atom. The summed E-state index contributed by atoms with van der Waals surface area (Å²) >= 11 is 0. The van der Waals surface area contributed by atoms with Crippen molar-refractivity contribution in [3.05, 3.63) is 65.2 Å². The van der Waals surface area contributed by atoms with Gasteiger partial charge in [-0.1, -0.05) is 42.0 Å². The lowest BCUT2D eigenvalue weighted by Crippen LogP contribution is -3.00. The van der Waals surface area contributed by atoms with E-state index in [0.717, 1.165) is 38.4 Å². The summed E-state index contributed by atoms with van der Waals surface area (Å²) in [6.07, 6.45) is 1.91. The Kier molecular flexibility index (Phi) is 4.79. The van der Waals surface area contributed by atoms with E-state index in [1.54, 1.807) is 0 Å². The van der Waals surface area contributed by atoms with Crippen LogP contribution in [0.3, 0.4) is 0 Å². The molecule has 2 N–H and O–H groups in total. The Morgan fingerprint density at radius 1 is 1.00 bits per heavy atom. The standard InChI is InChI=1S/C20H22N2O.BrH/c1-15-6-8-17(9-7-15)22-14-16-4-2-3-5-18(16)20(19(22)21)10-12-23-13-11-20;/h2-9,21H,10-14H2,1H3;1H. The van der Waals surface area contributed by atoms with E-state index in [9.17, 15) is 0 Å². The molecule has 2 heterocycles. The number of hydrogen-bond donors (Lipinski definition) is 1. The van der Waals surface area contributed by atoms with E-state index < -0.39 is 0 Å². The van der Waals surface area contributed by atoms with Crippen LogP contribution in [0, 0.1) is 6.92 Å². The molecule has 0 atom stereocenters. The fourth-order valence-electron chi connectivity index (χ4n) is 3.98. The first-order valence-electron chi connectivity index (χ1n) is 8.34. The summed E-state index contributed by atoms with van der Waals surface area (Å²) in [6, 6.07) is 17.4. The molecule has 24 heavy (non-hydrogen) atoms. The predicted molar refractivity (Wildman–Crippen MR) is 92.2 cm³/mol. The van der Waals surface area contributed by atoms with Gasteiger partial charge in [-0.15, -0.1) is 0 Å². The number of amidine groups is 1. The van der Waals surface area contributed by atoms with Gasteiger partial charge in [0, 0.05) is 13.2 Å². The number of benzene rings is 2. The van der Waals surface area contributed by atoms with Crippen molar-refractivity contribution >= 4 is 11.5 Å². The minimum Gasteiger partial charge on any atom is -1.00 e. The molecular formula is C20H23BrN2O. The molecule has 0 aromatic heterocycles. The zero-order valence-corrected chi connectivity index (χ0v) is 15.6. The van der Waals surface area contributed by atoms with Crippen molar-refractivity contribution in [3.8, 4) is 0 Å². The van der Waals surface area contributed by atoms with Gasteiger partial charge >= 0.3 is 0 Å². The molecule has 1 saturated heterocycles. The monoisotopic (exact) mass is 386 g/mol. The van der Waals surface area contributed by atoms with Crippen molar-refractivity contribution in [1.82, 2.24) is 0 Å². The van der Waals surface area contributed by atoms with Crippen LogP contribution in [0.5, 0.6) is 0 Å². The van der Waals surface area contributed by atoms with E-state index >= 15 is 0 Å². The number of nitrogens with two attached hydrogens (primary N) is 1. The van der Waals surface area contributed by atoms with Crippen molar-refractivity contribution in [2.75, 3.05) is 13.2 Å². The highest BCUT2D eigenvalue weighted by Gasteiger charge is 2.47. The second-order valence-corrected chi connectivity index (χ2v) is 6.66. The number of fused-ring (bicyclic) bond motifs is 2. The zero-order chi connectivity index (χ0) is 15.9. The number of ether oxygens (including phenoxy) is 1. The summed E-state index contributed by atoms with van der Waals surface area (Å²) in [7, 11) is 0. The maximum atomic E-state index is 6.76. The first-order valence-corrected chi connectivity index (χ1v) is 8.34. The Labute approximate surface area is 153 Å². The third-order valence-corrected chi connectivity index (χ3v) is 5.33. The lowest BCUT2D eigenvalue weighted by molar-refractivity contribution is -0.465. The molecule has 2 aromatic rings. The van der Waals surface area contributed by atoms with E-state index in [-0.39, 0.29) is 22.4 Å². The Morgan fingerprint density at radius 3 is 2.38 bits per heavy atom. The highest BCUT2D eigenvalue weighted by atomic mass is 79.9. The minimum absolute atomic E-state index is 0. The molecule has 0 bridgehead atoms. The van der Waals surface area contributed by atoms with E-state index in [2.05, 4.69) is 60.0 Å². The van der Waals surface area contributed by atoms with Crippen LogP contribution in [0.25, 0.3) is 0 Å². The van der Waals surface area contributed by atoms with Gasteiger partial charge in [0.15, 0.2) is 0 Å². The van der Waals surface area contributed by atoms with Crippen molar-refractivity contribution in [2.45, 2.75) is 31.7 Å². The molecule has 2 aliphatic heterocycles. The maximum absolute atomic E-state index is 6.76. The van der Waals surface area contributed by atoms with Gasteiger partial charge in [0.1, 0.15) is 17.6 Å². The van der Waals surface area contributed by atoms with Crippen LogP contribution in [0.2, 0.25) is 0 Å². The summed E-state index contributed by atoms with van der Waals surface area (Å²) in [4.78, 5) is 0. The maximum Gasteiger partial charge on any atom is 0.259 e. The molecule has 0 aliphatic carbocycles. The quantitative estimate of drug-likeness (QED) is 0.714. The molecule has 4 heteroatoms. The molecule has 4 rings (SSSR count). The van der Waals surface area contributed by atoms with E-state index in [1.807, 2.05) is 0 Å². The highest BCUT2D eigenvalue weighted by Crippen LogP contribution is 2.41. The van der Waals surface area contributed by atoms with Gasteiger partial charge in [-0.25, -0.2) is 4.58 Å². The van der Waals surface area contributed by atoms with Gasteiger partial charge in [-0.3, -0.25) is 5.73 Å². The first kappa shape index (κ1) is 17.2. The van der Waals surface area contributed by atoms with Crippen LogP contribution in [0.1, 0.15) is 29.5 Å². The van der Waals surface area contributed by atoms with Crippen molar-refractivity contribution in [1.29, 1.82) is 0 Å². The molecule has 126 valence electrons. The summed E-state index contributed by atoms with van der Waals surface area (Å²) < 4.78 is 7.91. The van der Waals surface area contributed by atoms with Crippen LogP contribution in [0.15, 0.2) is 48.5 Å². The van der Waals surface area contributed by atoms with Crippen molar-refractivity contribution < 1.29 is 26.3 Å². The molecule has 0 unspecified atom stereocenters. The largest absolute Gasteiger partial charge is 1.00 e. The lowest BCUT2D eigenvalue weighted by Gasteiger charge is -2.39. The fourth-order valence-corrected chi connectivity index (χ4v) is 3.98. The van der Waals surface area contributed by atoms with Gasteiger partial charge in [-0.2, -0.15) is 0 Å². The molecule has 0 amide bonds. The Bertz CT molecular complexity index is 761. The van der Waals surface area contributed by atoms with Crippen LogP contribution in [0.4, 0.5) is 5.69 Å². The molecule has 2 aromatic carbocycles. The molecule has 1 fully saturated rings. The van der Waals surface area contributed by atoms with E-state index in [1.165, 1.54) is 22.4 Å². The average molecular weight is 387 g/mol. The van der Waals surface area contributed by atoms with Crippen LogP contribution < -0.4 is 22.7 Å². The van der Waals surface area contributed by atoms with Crippen LogP contribution >= 0.6 is 0 Å². The molecular weight excluding hydrogens is 364 g/mol. The minimum atomic E-state index is -0.0853. The number of nitrogens with zero attached hydrogens (tertiary/aromatic N) is 1. The zero-order valence-electron chi connectivity index (χ0n) is 14.0. The summed E-state index contributed by atoms with van der Waals surface area (Å²) in [5.41, 5.74) is 11.9. The van der Waals surface area contributed by atoms with Gasteiger partial charge in [-0.05, 0) is 43.0 Å². The molecule has 0 radical (unpaired) electrons. The summed E-state index contributed by atoms with van der Waals surface area (Å²) in [5, 5.41) is 0. The van der Waals surface area contributed by atoms with E-state index in [0.29, 0.717) is 0 Å². The second-order valence-electron chi connectivity index (χ2n) is 6.66. The van der Waals surface area contributed by atoms with Gasteiger partial charge < -0.3 is 21.7 Å². The summed E-state index contributed by atoms with van der Waals surface area (Å²) in [6.45, 7) is 4.50. The van der Waals surface area contributed by atoms with Crippen molar-refractivity contribution in [2.24, 2.45) is 5.73 Å². The normalized spacial score (nSPS) is 18.9. The number of halogens is 1. The van der Waals surface area contributed by atoms with Crippen LogP contribution in [-0.2, 0) is 16.7 Å². The second kappa shape index (κ2) is 6.69. The topological polar surface area (TPSA) is 38.3 Å². The smallest absolute Gasteiger partial charge is 0.259 e. The third kappa shape index (κ3) is 2.68.